The van der Waals surface area contributed by atoms with Gasteiger partial charge in [-0.15, -0.1) is 0 Å². The molecule has 2 unspecified atom stereocenters. The van der Waals surface area contributed by atoms with Gasteiger partial charge in [-0.1, -0.05) is 26.0 Å². The van der Waals surface area contributed by atoms with Gasteiger partial charge in [-0.25, -0.2) is 9.38 Å². The lowest BCUT2D eigenvalue weighted by atomic mass is 9.71. The number of hydrogen-bond acceptors (Lipinski definition) is 4. The number of benzene rings is 2. The van der Waals surface area contributed by atoms with E-state index in [2.05, 4.69) is 19.2 Å². The van der Waals surface area contributed by atoms with E-state index in [1.165, 1.54) is 12.1 Å². The fourth-order valence-corrected chi connectivity index (χ4v) is 4.77. The Balaban J connectivity index is 1.61. The van der Waals surface area contributed by atoms with Crippen molar-refractivity contribution in [2.24, 2.45) is 16.8 Å². The van der Waals surface area contributed by atoms with Gasteiger partial charge in [-0.05, 0) is 72.7 Å². The van der Waals surface area contributed by atoms with Crippen LogP contribution in [0.4, 0.5) is 4.39 Å². The number of carboxylic acid groups (broad SMARTS) is 1. The number of carbonyl (C=O) groups excluding carboxylic acids is 2. The summed E-state index contributed by atoms with van der Waals surface area (Å²) >= 11 is 0. The maximum absolute atomic E-state index is 13.6. The maximum atomic E-state index is 13.6. The Labute approximate surface area is 203 Å². The summed E-state index contributed by atoms with van der Waals surface area (Å²) in [5.41, 5.74) is 3.23. The van der Waals surface area contributed by atoms with Crippen LogP contribution >= 0.6 is 0 Å². The first-order valence-corrected chi connectivity index (χ1v) is 11.7. The topological polar surface area (TPSA) is 99.1 Å². The zero-order chi connectivity index (χ0) is 25.3. The number of aliphatic imine (C=N–C) groups is 1. The van der Waals surface area contributed by atoms with Crippen LogP contribution in [0.25, 0.3) is 0 Å². The summed E-state index contributed by atoms with van der Waals surface area (Å²) in [4.78, 5) is 42.9. The molecule has 1 aliphatic carbocycles. The lowest BCUT2D eigenvalue weighted by Gasteiger charge is -2.38. The molecule has 0 saturated heterocycles. The zero-order valence-electron chi connectivity index (χ0n) is 19.9. The second-order valence-corrected chi connectivity index (χ2v) is 9.16. The third-order valence-electron chi connectivity index (χ3n) is 6.68. The summed E-state index contributed by atoms with van der Waals surface area (Å²) in [7, 11) is 0. The third kappa shape index (κ3) is 4.87. The number of halogens is 1. The quantitative estimate of drug-likeness (QED) is 0.621. The van der Waals surface area contributed by atoms with Gasteiger partial charge in [0.2, 0.25) is 0 Å². The summed E-state index contributed by atoms with van der Waals surface area (Å²) in [6.45, 7) is 6.21. The monoisotopic (exact) mass is 477 g/mol. The SMILES string of the molecule is CC1CC(C)C1=C1N=C(c2ccc(F)cc2)C(=O)N1[C@H](C)c1ccc(C(=O)NCCC(=O)O)cc1. The highest BCUT2D eigenvalue weighted by Crippen LogP contribution is 2.45. The van der Waals surface area contributed by atoms with Crippen molar-refractivity contribution in [3.63, 3.8) is 0 Å². The molecule has 1 saturated carbocycles. The standard InChI is InChI=1S/C27H28FN3O4/c1-15-14-16(2)23(15)25-30-24(19-8-10-21(28)11-9-19)27(35)31(25)17(3)18-4-6-20(7-5-18)26(34)29-13-12-22(32)33/h4-11,15-17H,12-14H2,1-3H3,(H,29,34)(H,32,33)/t15?,16?,17-/m1/s1. The van der Waals surface area contributed by atoms with Crippen LogP contribution in [0.2, 0.25) is 0 Å². The van der Waals surface area contributed by atoms with Gasteiger partial charge in [-0.3, -0.25) is 19.3 Å². The number of hydrogen-bond donors (Lipinski definition) is 2. The molecule has 182 valence electrons. The molecule has 0 aromatic heterocycles. The van der Waals surface area contributed by atoms with Crippen LogP contribution in [-0.4, -0.2) is 40.0 Å². The Morgan fingerprint density at radius 2 is 1.74 bits per heavy atom. The molecular formula is C27H28FN3O4. The van der Waals surface area contributed by atoms with Gasteiger partial charge in [0.25, 0.3) is 11.8 Å². The molecule has 2 aliphatic rings. The van der Waals surface area contributed by atoms with Gasteiger partial charge in [0.05, 0.1) is 12.5 Å². The number of carbonyl (C=O) groups is 3. The van der Waals surface area contributed by atoms with Crippen molar-refractivity contribution >= 4 is 23.5 Å². The minimum Gasteiger partial charge on any atom is -0.481 e. The average molecular weight is 478 g/mol. The van der Waals surface area contributed by atoms with E-state index < -0.39 is 5.97 Å². The lowest BCUT2D eigenvalue weighted by molar-refractivity contribution is -0.136. The van der Waals surface area contributed by atoms with Crippen LogP contribution in [0, 0.1) is 17.7 Å². The van der Waals surface area contributed by atoms with Crippen molar-refractivity contribution in [1.82, 2.24) is 10.2 Å². The predicted molar refractivity (Wildman–Crippen MR) is 129 cm³/mol. The predicted octanol–water partition coefficient (Wildman–Crippen LogP) is 4.31. The second-order valence-electron chi connectivity index (χ2n) is 9.16. The molecule has 2 amide bonds. The Morgan fingerprint density at radius 1 is 1.11 bits per heavy atom. The van der Waals surface area contributed by atoms with E-state index in [0.717, 1.165) is 17.6 Å². The van der Waals surface area contributed by atoms with Crippen molar-refractivity contribution in [2.75, 3.05) is 6.54 Å². The highest BCUT2D eigenvalue weighted by Gasteiger charge is 2.41. The van der Waals surface area contributed by atoms with Gasteiger partial charge in [0.15, 0.2) is 0 Å². The van der Waals surface area contributed by atoms with E-state index in [0.29, 0.717) is 34.5 Å². The third-order valence-corrected chi connectivity index (χ3v) is 6.68. The van der Waals surface area contributed by atoms with Crippen molar-refractivity contribution in [3.05, 3.63) is 82.4 Å². The summed E-state index contributed by atoms with van der Waals surface area (Å²) in [6.07, 6.45) is 0.880. The molecule has 35 heavy (non-hydrogen) atoms. The molecule has 2 N–H and O–H groups in total. The Morgan fingerprint density at radius 3 is 2.31 bits per heavy atom. The minimum atomic E-state index is -0.980. The van der Waals surface area contributed by atoms with Gasteiger partial charge < -0.3 is 10.4 Å². The fourth-order valence-electron chi connectivity index (χ4n) is 4.77. The van der Waals surface area contributed by atoms with E-state index in [-0.39, 0.29) is 36.6 Å². The number of allylic oxidation sites excluding steroid dienone is 1. The Hall–Kier alpha value is -3.81. The number of nitrogens with one attached hydrogen (secondary N) is 1. The van der Waals surface area contributed by atoms with Gasteiger partial charge in [0.1, 0.15) is 17.3 Å². The maximum Gasteiger partial charge on any atom is 0.305 e. The first-order chi connectivity index (χ1) is 16.7. The molecule has 7 nitrogen and oxygen atoms in total. The first kappa shape index (κ1) is 24.3. The Bertz CT molecular complexity index is 1210. The van der Waals surface area contributed by atoms with Crippen LogP contribution in [0.3, 0.4) is 0 Å². The van der Waals surface area contributed by atoms with Crippen molar-refractivity contribution < 1.29 is 23.9 Å². The highest BCUT2D eigenvalue weighted by molar-refractivity contribution is 6.47. The molecule has 2 aromatic carbocycles. The van der Waals surface area contributed by atoms with E-state index in [4.69, 9.17) is 10.1 Å². The summed E-state index contributed by atoms with van der Waals surface area (Å²) in [5, 5.41) is 11.3. The lowest BCUT2D eigenvalue weighted by Crippen LogP contribution is -2.35. The van der Waals surface area contributed by atoms with Crippen molar-refractivity contribution in [3.8, 4) is 0 Å². The molecule has 4 rings (SSSR count). The molecule has 1 aliphatic heterocycles. The number of nitrogens with zero attached hydrogens (tertiary/aromatic N) is 2. The number of aliphatic carboxylic acids is 1. The van der Waals surface area contributed by atoms with E-state index >= 15 is 0 Å². The highest BCUT2D eigenvalue weighted by atomic mass is 19.1. The Kier molecular flexibility index (Phi) is 6.82. The van der Waals surface area contributed by atoms with Gasteiger partial charge >= 0.3 is 5.97 Å². The van der Waals surface area contributed by atoms with E-state index in [1.807, 2.05) is 6.92 Å². The summed E-state index contributed by atoms with van der Waals surface area (Å²) in [6, 6.07) is 12.3. The van der Waals surface area contributed by atoms with Crippen molar-refractivity contribution in [1.29, 1.82) is 0 Å². The molecule has 1 fully saturated rings. The largest absolute Gasteiger partial charge is 0.481 e. The number of carboxylic acids is 1. The minimum absolute atomic E-state index is 0.0470. The molecule has 3 atom stereocenters. The van der Waals surface area contributed by atoms with E-state index in [9.17, 15) is 18.8 Å². The van der Waals surface area contributed by atoms with E-state index in [1.54, 1.807) is 41.3 Å². The smallest absolute Gasteiger partial charge is 0.305 e. The van der Waals surface area contributed by atoms with Crippen molar-refractivity contribution in [2.45, 2.75) is 39.7 Å². The number of rotatable bonds is 7. The fraction of sp³-hybridized carbons (Fsp3) is 0.333. The van der Waals surface area contributed by atoms with Crippen LogP contribution in [0.15, 0.2) is 64.9 Å². The molecule has 2 aromatic rings. The van der Waals surface area contributed by atoms with Crippen LogP contribution in [0.5, 0.6) is 0 Å². The summed E-state index contributed by atoms with van der Waals surface area (Å²) < 4.78 is 13.5. The second kappa shape index (κ2) is 9.82. The van der Waals surface area contributed by atoms with Crippen LogP contribution in [-0.2, 0) is 9.59 Å². The zero-order valence-corrected chi connectivity index (χ0v) is 19.9. The molecular weight excluding hydrogens is 449 g/mol. The van der Waals surface area contributed by atoms with Gasteiger partial charge in [0, 0.05) is 17.7 Å². The van der Waals surface area contributed by atoms with Crippen LogP contribution < -0.4 is 5.32 Å². The van der Waals surface area contributed by atoms with Gasteiger partial charge in [-0.2, -0.15) is 0 Å². The first-order valence-electron chi connectivity index (χ1n) is 11.7. The molecule has 0 bridgehead atoms. The normalized spacial score (nSPS) is 20.4. The summed E-state index contributed by atoms with van der Waals surface area (Å²) in [5.74, 6) is -0.670. The molecule has 0 radical (unpaired) electrons. The molecule has 1 heterocycles. The van der Waals surface area contributed by atoms with Crippen LogP contribution in [0.1, 0.15) is 61.1 Å². The molecule has 0 spiro atoms. The average Bonchev–Trinajstić information content (AvgIpc) is 3.14. The number of amides is 2. The molecule has 8 heteroatoms.